The number of pyridine rings is 1. The van der Waals surface area contributed by atoms with E-state index in [0.717, 1.165) is 44.8 Å². The van der Waals surface area contributed by atoms with Crippen LogP contribution in [0.4, 0.5) is 5.82 Å². The van der Waals surface area contributed by atoms with Gasteiger partial charge < -0.3 is 15.0 Å². The molecule has 4 heterocycles. The highest BCUT2D eigenvalue weighted by atomic mass is 32.1. The fraction of sp³-hybridized carbons (Fsp3) is 0.500. The number of fused-ring (bicyclic) bond motifs is 2. The number of ether oxygens (including phenoxy) is 1. The van der Waals surface area contributed by atoms with E-state index in [0.29, 0.717) is 5.56 Å². The van der Waals surface area contributed by atoms with Gasteiger partial charge in [-0.2, -0.15) is 0 Å². The molecule has 0 aromatic carbocycles. The lowest BCUT2D eigenvalue weighted by Crippen LogP contribution is -2.46. The summed E-state index contributed by atoms with van der Waals surface area (Å²) in [5.74, 6) is 0.827. The summed E-state index contributed by atoms with van der Waals surface area (Å²) in [6.45, 7) is 6.52. The molecule has 0 atom stereocenters. The van der Waals surface area contributed by atoms with Crippen LogP contribution in [0.3, 0.4) is 0 Å². The first-order valence-electron chi connectivity index (χ1n) is 9.30. The minimum absolute atomic E-state index is 0.0457. The van der Waals surface area contributed by atoms with Crippen LogP contribution in [-0.2, 0) is 16.8 Å². The zero-order valence-electron chi connectivity index (χ0n) is 15.3. The fourth-order valence-electron chi connectivity index (χ4n) is 3.95. The van der Waals surface area contributed by atoms with Crippen molar-refractivity contribution in [2.24, 2.45) is 0 Å². The zero-order chi connectivity index (χ0) is 18.1. The second-order valence-corrected chi connectivity index (χ2v) is 8.37. The second-order valence-electron chi connectivity index (χ2n) is 7.37. The van der Waals surface area contributed by atoms with E-state index >= 15 is 0 Å². The van der Waals surface area contributed by atoms with E-state index in [1.807, 2.05) is 31.3 Å². The molecule has 0 bridgehead atoms. The summed E-state index contributed by atoms with van der Waals surface area (Å²) in [5, 5.41) is 5.13. The molecular weight excluding hydrogens is 346 g/mol. The third-order valence-corrected chi connectivity index (χ3v) is 6.25. The minimum Gasteiger partial charge on any atom is -0.370 e. The van der Waals surface area contributed by atoms with Gasteiger partial charge >= 0.3 is 0 Å². The van der Waals surface area contributed by atoms with E-state index in [4.69, 9.17) is 4.74 Å². The van der Waals surface area contributed by atoms with E-state index in [-0.39, 0.29) is 17.6 Å². The van der Waals surface area contributed by atoms with Gasteiger partial charge in [0.05, 0.1) is 12.2 Å². The van der Waals surface area contributed by atoms with Crippen molar-refractivity contribution in [3.8, 4) is 0 Å². The van der Waals surface area contributed by atoms with Crippen molar-refractivity contribution in [2.75, 3.05) is 24.6 Å². The Morgan fingerprint density at radius 1 is 1.35 bits per heavy atom. The van der Waals surface area contributed by atoms with Gasteiger partial charge in [-0.3, -0.25) is 4.79 Å². The maximum Gasteiger partial charge on any atom is 0.251 e. The molecule has 2 aliphatic rings. The molecule has 1 spiro atoms. The molecule has 1 amide bonds. The first kappa shape index (κ1) is 17.5. The number of thiophene rings is 1. The summed E-state index contributed by atoms with van der Waals surface area (Å²) in [7, 11) is 0. The Balaban J connectivity index is 1.49. The van der Waals surface area contributed by atoms with E-state index in [1.54, 1.807) is 12.3 Å². The smallest absolute Gasteiger partial charge is 0.251 e. The average molecular weight is 372 g/mol. The Hall–Kier alpha value is -1.92. The number of carbonyl (C=O) groups is 1. The number of aromatic nitrogens is 1. The van der Waals surface area contributed by atoms with Crippen LogP contribution >= 0.6 is 11.3 Å². The Labute approximate surface area is 158 Å². The van der Waals surface area contributed by atoms with Gasteiger partial charge in [0.25, 0.3) is 5.91 Å². The minimum atomic E-state index is -0.128. The monoisotopic (exact) mass is 371 g/mol. The van der Waals surface area contributed by atoms with Crippen LogP contribution < -0.4 is 10.2 Å². The standard InChI is InChI=1S/C20H25N3O2S/c1-14(2)22-19(24)15-3-8-21-18(13-15)23-9-6-20(7-10-23)16-5-12-26-17(16)4-11-25-20/h3,5,8,12-14H,4,6-7,9-11H2,1-2H3,(H,22,24). The van der Waals surface area contributed by atoms with Crippen molar-refractivity contribution >= 4 is 23.1 Å². The van der Waals surface area contributed by atoms with Crippen LogP contribution in [0.15, 0.2) is 29.8 Å². The topological polar surface area (TPSA) is 54.5 Å². The van der Waals surface area contributed by atoms with Crippen molar-refractivity contribution in [1.82, 2.24) is 10.3 Å². The number of nitrogens with zero attached hydrogens (tertiary/aromatic N) is 2. The molecule has 6 heteroatoms. The highest BCUT2D eigenvalue weighted by Crippen LogP contribution is 2.43. The number of hydrogen-bond donors (Lipinski definition) is 1. The molecular formula is C20H25N3O2S. The maximum absolute atomic E-state index is 12.3. The number of carbonyl (C=O) groups excluding carboxylic acids is 1. The van der Waals surface area contributed by atoms with Crippen molar-refractivity contribution < 1.29 is 9.53 Å². The molecule has 1 saturated heterocycles. The van der Waals surface area contributed by atoms with Gasteiger partial charge in [-0.25, -0.2) is 4.98 Å². The molecule has 1 N–H and O–H groups in total. The first-order valence-corrected chi connectivity index (χ1v) is 10.2. The predicted molar refractivity (Wildman–Crippen MR) is 104 cm³/mol. The maximum atomic E-state index is 12.3. The van der Waals surface area contributed by atoms with Crippen LogP contribution in [0.2, 0.25) is 0 Å². The summed E-state index contributed by atoms with van der Waals surface area (Å²) < 4.78 is 6.28. The van der Waals surface area contributed by atoms with Gasteiger partial charge in [0.15, 0.2) is 0 Å². The number of hydrogen-bond acceptors (Lipinski definition) is 5. The number of piperidine rings is 1. The lowest BCUT2D eigenvalue weighted by molar-refractivity contribution is -0.0757. The second kappa shape index (κ2) is 7.00. The quantitative estimate of drug-likeness (QED) is 0.899. The van der Waals surface area contributed by atoms with Gasteiger partial charge in [0.2, 0.25) is 0 Å². The normalized spacial score (nSPS) is 18.8. The van der Waals surface area contributed by atoms with Crippen LogP contribution in [-0.4, -0.2) is 36.6 Å². The Morgan fingerprint density at radius 2 is 2.15 bits per heavy atom. The molecule has 1 fully saturated rings. The lowest BCUT2D eigenvalue weighted by Gasteiger charge is -2.44. The van der Waals surface area contributed by atoms with Gasteiger partial charge in [-0.1, -0.05) is 0 Å². The number of rotatable bonds is 3. The predicted octanol–water partition coefficient (Wildman–Crippen LogP) is 3.35. The van der Waals surface area contributed by atoms with E-state index in [2.05, 4.69) is 26.6 Å². The van der Waals surface area contributed by atoms with Crippen LogP contribution in [0, 0.1) is 0 Å². The molecule has 4 rings (SSSR count). The summed E-state index contributed by atoms with van der Waals surface area (Å²) in [6, 6.07) is 6.03. The fourth-order valence-corrected chi connectivity index (χ4v) is 4.90. The number of anilines is 1. The number of nitrogens with one attached hydrogen (secondary N) is 1. The highest BCUT2D eigenvalue weighted by molar-refractivity contribution is 7.10. The van der Waals surface area contributed by atoms with Gasteiger partial charge in [0, 0.05) is 42.2 Å². The molecule has 0 saturated carbocycles. The molecule has 2 aliphatic heterocycles. The van der Waals surface area contributed by atoms with Crippen molar-refractivity contribution in [3.05, 3.63) is 45.8 Å². The van der Waals surface area contributed by atoms with Crippen molar-refractivity contribution in [3.63, 3.8) is 0 Å². The van der Waals surface area contributed by atoms with E-state index in [1.165, 1.54) is 10.4 Å². The van der Waals surface area contributed by atoms with Gasteiger partial charge in [-0.15, -0.1) is 11.3 Å². The summed E-state index contributed by atoms with van der Waals surface area (Å²) in [6.07, 6.45) is 4.68. The van der Waals surface area contributed by atoms with Crippen LogP contribution in [0.5, 0.6) is 0 Å². The highest BCUT2D eigenvalue weighted by Gasteiger charge is 2.41. The van der Waals surface area contributed by atoms with Crippen LogP contribution in [0.25, 0.3) is 0 Å². The average Bonchev–Trinajstić information content (AvgIpc) is 3.12. The SMILES string of the molecule is CC(C)NC(=O)c1ccnc(N2CCC3(CC2)OCCc2sccc23)c1. The van der Waals surface area contributed by atoms with Gasteiger partial charge in [0.1, 0.15) is 5.82 Å². The molecule has 2 aromatic rings. The zero-order valence-corrected chi connectivity index (χ0v) is 16.1. The Morgan fingerprint density at radius 3 is 2.92 bits per heavy atom. The number of amides is 1. The summed E-state index contributed by atoms with van der Waals surface area (Å²) >= 11 is 1.85. The third kappa shape index (κ3) is 3.23. The van der Waals surface area contributed by atoms with Crippen LogP contribution in [0.1, 0.15) is 47.5 Å². The van der Waals surface area contributed by atoms with Crippen molar-refractivity contribution in [1.29, 1.82) is 0 Å². The summed E-state index contributed by atoms with van der Waals surface area (Å²) in [4.78, 5) is 20.5. The van der Waals surface area contributed by atoms with E-state index in [9.17, 15) is 4.79 Å². The molecule has 0 aliphatic carbocycles. The van der Waals surface area contributed by atoms with E-state index < -0.39 is 0 Å². The Kier molecular flexibility index (Phi) is 4.71. The molecule has 5 nitrogen and oxygen atoms in total. The largest absolute Gasteiger partial charge is 0.370 e. The molecule has 26 heavy (non-hydrogen) atoms. The Bertz CT molecular complexity index is 794. The van der Waals surface area contributed by atoms with Crippen molar-refractivity contribution in [2.45, 2.75) is 44.8 Å². The first-order chi connectivity index (χ1) is 12.6. The molecule has 2 aromatic heterocycles. The molecule has 0 unspecified atom stereocenters. The lowest BCUT2D eigenvalue weighted by atomic mass is 9.82. The molecule has 0 radical (unpaired) electrons. The molecule has 138 valence electrons. The van der Waals surface area contributed by atoms with Gasteiger partial charge in [-0.05, 0) is 55.8 Å². The third-order valence-electron chi connectivity index (χ3n) is 5.27. The summed E-state index contributed by atoms with van der Waals surface area (Å²) in [5.41, 5.74) is 1.93.